The van der Waals surface area contributed by atoms with E-state index in [0.29, 0.717) is 12.2 Å². The van der Waals surface area contributed by atoms with Gasteiger partial charge in [-0.05, 0) is 37.1 Å². The van der Waals surface area contributed by atoms with Crippen molar-refractivity contribution in [1.82, 2.24) is 14.9 Å². The third-order valence-electron chi connectivity index (χ3n) is 5.08. The third kappa shape index (κ3) is 9.33. The lowest BCUT2D eigenvalue weighted by atomic mass is 10.1. The van der Waals surface area contributed by atoms with Crippen molar-refractivity contribution in [2.24, 2.45) is 5.73 Å². The summed E-state index contributed by atoms with van der Waals surface area (Å²) in [5, 5.41) is 5.34. The van der Waals surface area contributed by atoms with E-state index in [2.05, 4.69) is 20.3 Å². The Morgan fingerprint density at radius 2 is 1.81 bits per heavy atom. The van der Waals surface area contributed by atoms with Gasteiger partial charge >= 0.3 is 0 Å². The molecular weight excluding hydrogens is 496 g/mol. The van der Waals surface area contributed by atoms with E-state index in [0.717, 1.165) is 17.4 Å². The number of imidazole rings is 1. The number of ether oxygens (including phenoxy) is 1. The zero-order valence-corrected chi connectivity index (χ0v) is 21.8. The molecule has 11 nitrogen and oxygen atoms in total. The van der Waals surface area contributed by atoms with Crippen molar-refractivity contribution in [3.05, 3.63) is 78.2 Å². The van der Waals surface area contributed by atoms with Crippen molar-refractivity contribution in [3.63, 3.8) is 0 Å². The Hall–Kier alpha value is -3.74. The van der Waals surface area contributed by atoms with Gasteiger partial charge < -0.3 is 25.7 Å². The molecule has 12 heteroatoms. The fourth-order valence-corrected chi connectivity index (χ4v) is 3.83. The summed E-state index contributed by atoms with van der Waals surface area (Å²) in [5.41, 5.74) is 6.91. The van der Waals surface area contributed by atoms with Crippen LogP contribution in [-0.4, -0.2) is 54.2 Å². The first-order valence-corrected chi connectivity index (χ1v) is 13.4. The lowest BCUT2D eigenvalue weighted by Gasteiger charge is -2.23. The number of amides is 2. The van der Waals surface area contributed by atoms with Gasteiger partial charge in [0.25, 0.3) is 5.91 Å². The van der Waals surface area contributed by atoms with Gasteiger partial charge in [-0.25, -0.2) is 13.4 Å². The summed E-state index contributed by atoms with van der Waals surface area (Å²) in [4.78, 5) is 29.7. The Labute approximate surface area is 216 Å². The molecule has 0 saturated heterocycles. The largest absolute Gasteiger partial charge is 0.374 e. The van der Waals surface area contributed by atoms with Crippen molar-refractivity contribution < 1.29 is 22.7 Å². The van der Waals surface area contributed by atoms with Gasteiger partial charge in [-0.15, -0.1) is 0 Å². The van der Waals surface area contributed by atoms with Crippen molar-refractivity contribution in [2.45, 2.75) is 38.6 Å². The lowest BCUT2D eigenvalue weighted by Crippen LogP contribution is -2.56. The van der Waals surface area contributed by atoms with Crippen LogP contribution in [0.2, 0.25) is 0 Å². The van der Waals surface area contributed by atoms with Gasteiger partial charge in [0.2, 0.25) is 15.9 Å². The quantitative estimate of drug-likeness (QED) is 0.278. The van der Waals surface area contributed by atoms with Gasteiger partial charge in [-0.2, -0.15) is 0 Å². The summed E-state index contributed by atoms with van der Waals surface area (Å²) in [7, 11) is -3.39. The Kier molecular flexibility index (Phi) is 9.03. The molecule has 0 aliphatic heterocycles. The molecule has 3 aromatic rings. The number of benzene rings is 2. The number of hydrogen-bond donors (Lipinski definition) is 4. The first-order valence-electron chi connectivity index (χ1n) is 11.5. The van der Waals surface area contributed by atoms with Crippen LogP contribution in [0.3, 0.4) is 0 Å². The zero-order chi connectivity index (χ0) is 27.1. The predicted molar refractivity (Wildman–Crippen MR) is 141 cm³/mol. The average molecular weight is 529 g/mol. The fraction of sp³-hybridized carbons (Fsp3) is 0.320. The summed E-state index contributed by atoms with van der Waals surface area (Å²) in [6, 6.07) is 15.4. The van der Waals surface area contributed by atoms with Crippen LogP contribution >= 0.6 is 0 Å². The van der Waals surface area contributed by atoms with Crippen molar-refractivity contribution in [2.75, 3.05) is 22.9 Å². The topological polar surface area (TPSA) is 157 Å². The molecule has 2 amide bonds. The Morgan fingerprint density at radius 1 is 1.11 bits per heavy atom. The maximum atomic E-state index is 13.0. The van der Waals surface area contributed by atoms with E-state index in [1.165, 1.54) is 6.33 Å². The molecule has 0 saturated carbocycles. The van der Waals surface area contributed by atoms with Crippen LogP contribution in [0.15, 0.2) is 67.1 Å². The SMILES string of the molecule is CC(C)(N)C(=O)NC(COCc1ccccc1)C(=O)Nc1cn(Cc2cccc(NS(C)(=O)=O)c2)cn1. The van der Waals surface area contributed by atoms with Crippen molar-refractivity contribution in [1.29, 1.82) is 0 Å². The minimum atomic E-state index is -3.39. The molecule has 2 aromatic carbocycles. The van der Waals surface area contributed by atoms with E-state index in [-0.39, 0.29) is 19.0 Å². The maximum Gasteiger partial charge on any atom is 0.250 e. The summed E-state index contributed by atoms with van der Waals surface area (Å²) < 4.78 is 32.8. The van der Waals surface area contributed by atoms with Crippen LogP contribution in [-0.2, 0) is 37.5 Å². The highest BCUT2D eigenvalue weighted by Crippen LogP contribution is 2.14. The maximum absolute atomic E-state index is 13.0. The number of nitrogens with zero attached hydrogens (tertiary/aromatic N) is 2. The number of nitrogens with one attached hydrogen (secondary N) is 3. The van der Waals surface area contributed by atoms with Crippen molar-refractivity contribution >= 4 is 33.3 Å². The summed E-state index contributed by atoms with van der Waals surface area (Å²) in [5.74, 6) is -0.718. The molecule has 1 atom stereocenters. The highest BCUT2D eigenvalue weighted by molar-refractivity contribution is 7.92. The average Bonchev–Trinajstić information content (AvgIpc) is 3.24. The van der Waals surface area contributed by atoms with Gasteiger partial charge in [-0.1, -0.05) is 42.5 Å². The number of sulfonamides is 1. The highest BCUT2D eigenvalue weighted by Gasteiger charge is 2.28. The molecule has 0 spiro atoms. The molecule has 3 rings (SSSR count). The molecule has 5 N–H and O–H groups in total. The van der Waals surface area contributed by atoms with Crippen LogP contribution in [0.1, 0.15) is 25.0 Å². The van der Waals surface area contributed by atoms with Crippen LogP contribution in [0.25, 0.3) is 0 Å². The van der Waals surface area contributed by atoms with Crippen LogP contribution in [0.5, 0.6) is 0 Å². The molecule has 1 aromatic heterocycles. The van der Waals surface area contributed by atoms with Gasteiger partial charge in [0.15, 0.2) is 5.82 Å². The summed E-state index contributed by atoms with van der Waals surface area (Å²) in [6.45, 7) is 3.69. The Morgan fingerprint density at radius 3 is 2.49 bits per heavy atom. The lowest BCUT2D eigenvalue weighted by molar-refractivity contribution is -0.130. The molecule has 37 heavy (non-hydrogen) atoms. The van der Waals surface area contributed by atoms with Gasteiger partial charge in [0, 0.05) is 18.4 Å². The molecule has 0 radical (unpaired) electrons. The number of carbonyl (C=O) groups excluding carboxylic acids is 2. The number of anilines is 2. The molecular formula is C25H32N6O5S. The zero-order valence-electron chi connectivity index (χ0n) is 21.0. The first-order chi connectivity index (χ1) is 17.4. The second kappa shape index (κ2) is 12.0. The standard InChI is InChI=1S/C25H32N6O5S/c1-25(2,26)24(33)28-21(16-36-15-18-8-5-4-6-9-18)23(32)29-22-14-31(17-27-22)13-19-10-7-11-20(12-19)30-37(3,34)35/h4-12,14,17,21,30H,13,15-16,26H2,1-3H3,(H,28,33)(H,29,32). The third-order valence-corrected chi connectivity index (χ3v) is 5.69. The van der Waals surface area contributed by atoms with Crippen LogP contribution < -0.4 is 21.1 Å². The van der Waals surface area contributed by atoms with E-state index in [1.54, 1.807) is 42.8 Å². The number of nitrogens with two attached hydrogens (primary N) is 1. The Bertz CT molecular complexity index is 1320. The van der Waals surface area contributed by atoms with Crippen molar-refractivity contribution in [3.8, 4) is 0 Å². The first kappa shape index (κ1) is 27.8. The monoisotopic (exact) mass is 528 g/mol. The molecule has 198 valence electrons. The van der Waals surface area contributed by atoms with E-state index in [9.17, 15) is 18.0 Å². The number of carbonyl (C=O) groups is 2. The summed E-state index contributed by atoms with van der Waals surface area (Å²) in [6.07, 6.45) is 4.25. The van der Waals surface area contributed by atoms with Gasteiger partial charge in [0.05, 0.1) is 31.3 Å². The van der Waals surface area contributed by atoms with Crippen LogP contribution in [0, 0.1) is 0 Å². The molecule has 0 bridgehead atoms. The van der Waals surface area contributed by atoms with E-state index in [4.69, 9.17) is 10.5 Å². The van der Waals surface area contributed by atoms with Crippen LogP contribution in [0.4, 0.5) is 11.5 Å². The predicted octanol–water partition coefficient (Wildman–Crippen LogP) is 1.68. The Balaban J connectivity index is 1.64. The van der Waals surface area contributed by atoms with E-state index >= 15 is 0 Å². The second-order valence-corrected chi connectivity index (χ2v) is 11.0. The number of rotatable bonds is 12. The summed E-state index contributed by atoms with van der Waals surface area (Å²) >= 11 is 0. The molecule has 1 heterocycles. The normalized spacial score (nSPS) is 12.5. The van der Waals surface area contributed by atoms with Gasteiger partial charge in [0.1, 0.15) is 6.04 Å². The molecule has 0 fully saturated rings. The fourth-order valence-electron chi connectivity index (χ4n) is 3.28. The minimum absolute atomic E-state index is 0.0661. The second-order valence-electron chi connectivity index (χ2n) is 9.24. The van der Waals surface area contributed by atoms with Gasteiger partial charge in [-0.3, -0.25) is 14.3 Å². The smallest absolute Gasteiger partial charge is 0.250 e. The number of hydrogen-bond acceptors (Lipinski definition) is 7. The molecule has 1 unspecified atom stereocenters. The molecule has 0 aliphatic carbocycles. The molecule has 0 aliphatic rings. The van der Waals surface area contributed by atoms with E-state index < -0.39 is 33.4 Å². The van der Waals surface area contributed by atoms with E-state index in [1.807, 2.05) is 36.4 Å². The highest BCUT2D eigenvalue weighted by atomic mass is 32.2. The minimum Gasteiger partial charge on any atom is -0.374 e. The number of aromatic nitrogens is 2.